The fourth-order valence-corrected chi connectivity index (χ4v) is 2.07. The molecule has 0 radical (unpaired) electrons. The summed E-state index contributed by atoms with van der Waals surface area (Å²) in [4.78, 5) is 12.8. The van der Waals surface area contributed by atoms with Crippen molar-refractivity contribution in [3.05, 3.63) is 34.0 Å². The number of hydrogen-bond donors (Lipinski definition) is 2. The molecule has 1 heterocycles. The summed E-state index contributed by atoms with van der Waals surface area (Å²) in [6, 6.07) is 4.24. The summed E-state index contributed by atoms with van der Waals surface area (Å²) >= 11 is 1.79. The van der Waals surface area contributed by atoms with E-state index in [2.05, 4.69) is 24.4 Å². The number of carboxylic acids is 1. The van der Waals surface area contributed by atoms with Gasteiger partial charge in [0, 0.05) is 28.9 Å². The molecule has 4 heteroatoms. The van der Waals surface area contributed by atoms with E-state index in [1.807, 2.05) is 0 Å². The van der Waals surface area contributed by atoms with E-state index in [1.54, 1.807) is 17.4 Å². The standard InChI is InChI=1S/C11H15NO2S/c1-2-9-5-6-10(15-9)8-12-7-3-4-11(13)14/h3-6,12H,2,7-8H2,1H3,(H,13,14)/b4-3+. The van der Waals surface area contributed by atoms with Crippen molar-refractivity contribution < 1.29 is 9.90 Å². The Kier molecular flexibility index (Phi) is 5.07. The van der Waals surface area contributed by atoms with Gasteiger partial charge >= 0.3 is 5.97 Å². The van der Waals surface area contributed by atoms with Crippen molar-refractivity contribution in [3.8, 4) is 0 Å². The van der Waals surface area contributed by atoms with Gasteiger partial charge in [-0.25, -0.2) is 4.79 Å². The molecule has 0 aromatic carbocycles. The maximum atomic E-state index is 10.2. The fourth-order valence-electron chi connectivity index (χ4n) is 1.15. The van der Waals surface area contributed by atoms with Crippen LogP contribution in [0.2, 0.25) is 0 Å². The summed E-state index contributed by atoms with van der Waals surface area (Å²) in [7, 11) is 0. The molecule has 0 saturated carbocycles. The van der Waals surface area contributed by atoms with Gasteiger partial charge in [-0.3, -0.25) is 0 Å². The van der Waals surface area contributed by atoms with E-state index in [0.717, 1.165) is 19.0 Å². The lowest BCUT2D eigenvalue weighted by molar-refractivity contribution is -0.131. The van der Waals surface area contributed by atoms with Crippen molar-refractivity contribution >= 4 is 17.3 Å². The van der Waals surface area contributed by atoms with Gasteiger partial charge in [-0.2, -0.15) is 0 Å². The first-order valence-corrected chi connectivity index (χ1v) is 5.71. The Morgan fingerprint density at radius 2 is 2.27 bits per heavy atom. The molecule has 2 N–H and O–H groups in total. The third kappa shape index (κ3) is 4.76. The van der Waals surface area contributed by atoms with Gasteiger partial charge < -0.3 is 10.4 Å². The molecule has 3 nitrogen and oxygen atoms in total. The number of aliphatic carboxylic acids is 1. The first-order valence-electron chi connectivity index (χ1n) is 4.90. The molecular formula is C11H15NO2S. The highest BCUT2D eigenvalue weighted by Gasteiger charge is 1.96. The lowest BCUT2D eigenvalue weighted by Crippen LogP contribution is -2.12. The van der Waals surface area contributed by atoms with Gasteiger partial charge in [0.05, 0.1) is 0 Å². The average molecular weight is 225 g/mol. The minimum absolute atomic E-state index is 0.589. The SMILES string of the molecule is CCc1ccc(CNC/C=C/C(=O)O)s1. The molecule has 0 atom stereocenters. The van der Waals surface area contributed by atoms with Gasteiger partial charge in [-0.1, -0.05) is 13.0 Å². The molecule has 0 saturated heterocycles. The van der Waals surface area contributed by atoms with E-state index in [0.29, 0.717) is 6.54 Å². The number of nitrogens with one attached hydrogen (secondary N) is 1. The van der Waals surface area contributed by atoms with Gasteiger partial charge in [0.15, 0.2) is 0 Å². The summed E-state index contributed by atoms with van der Waals surface area (Å²) in [5.41, 5.74) is 0. The Hall–Kier alpha value is -1.13. The third-order valence-corrected chi connectivity index (χ3v) is 3.12. The first-order chi connectivity index (χ1) is 7.22. The summed E-state index contributed by atoms with van der Waals surface area (Å²) in [6.07, 6.45) is 3.83. The Labute approximate surface area is 93.4 Å². The van der Waals surface area contributed by atoms with Crippen LogP contribution in [0.25, 0.3) is 0 Å². The van der Waals surface area contributed by atoms with Crippen LogP contribution < -0.4 is 5.32 Å². The normalized spacial score (nSPS) is 11.0. The van der Waals surface area contributed by atoms with Crippen molar-refractivity contribution in [1.82, 2.24) is 5.32 Å². The molecule has 0 bridgehead atoms. The van der Waals surface area contributed by atoms with Crippen molar-refractivity contribution in [2.24, 2.45) is 0 Å². The third-order valence-electron chi connectivity index (χ3n) is 1.89. The molecular weight excluding hydrogens is 210 g/mol. The van der Waals surface area contributed by atoms with Crippen LogP contribution in [0.15, 0.2) is 24.3 Å². The fraction of sp³-hybridized carbons (Fsp3) is 0.364. The van der Waals surface area contributed by atoms with Crippen LogP contribution in [0.3, 0.4) is 0 Å². The minimum atomic E-state index is -0.902. The molecule has 0 fully saturated rings. The topological polar surface area (TPSA) is 49.3 Å². The number of hydrogen-bond acceptors (Lipinski definition) is 3. The van der Waals surface area contributed by atoms with E-state index in [9.17, 15) is 4.79 Å². The smallest absolute Gasteiger partial charge is 0.328 e. The monoisotopic (exact) mass is 225 g/mol. The molecule has 1 aromatic rings. The van der Waals surface area contributed by atoms with Crippen molar-refractivity contribution in [2.45, 2.75) is 19.9 Å². The van der Waals surface area contributed by atoms with Crippen LogP contribution in [0.5, 0.6) is 0 Å². The predicted molar refractivity (Wildman–Crippen MR) is 62.2 cm³/mol. The molecule has 0 amide bonds. The molecule has 0 aliphatic carbocycles. The van der Waals surface area contributed by atoms with Crippen LogP contribution in [0.4, 0.5) is 0 Å². The molecule has 0 aliphatic heterocycles. The highest BCUT2D eigenvalue weighted by molar-refractivity contribution is 7.11. The molecule has 0 aliphatic rings. The Morgan fingerprint density at radius 1 is 1.53 bits per heavy atom. The van der Waals surface area contributed by atoms with Crippen LogP contribution >= 0.6 is 11.3 Å². The zero-order chi connectivity index (χ0) is 11.1. The maximum absolute atomic E-state index is 10.2. The van der Waals surface area contributed by atoms with Crippen LogP contribution in [-0.2, 0) is 17.8 Å². The van der Waals surface area contributed by atoms with Gasteiger partial charge in [-0.05, 0) is 18.6 Å². The van der Waals surface area contributed by atoms with Gasteiger partial charge in [0.1, 0.15) is 0 Å². The second kappa shape index (κ2) is 6.37. The van der Waals surface area contributed by atoms with Crippen molar-refractivity contribution in [1.29, 1.82) is 0 Å². The van der Waals surface area contributed by atoms with E-state index >= 15 is 0 Å². The average Bonchev–Trinajstić information content (AvgIpc) is 2.65. The van der Waals surface area contributed by atoms with E-state index in [4.69, 9.17) is 5.11 Å². The number of aryl methyl sites for hydroxylation is 1. The van der Waals surface area contributed by atoms with Crippen LogP contribution in [-0.4, -0.2) is 17.6 Å². The molecule has 1 rings (SSSR count). The van der Waals surface area contributed by atoms with Crippen LogP contribution in [0, 0.1) is 0 Å². The molecule has 1 aromatic heterocycles. The van der Waals surface area contributed by atoms with E-state index in [1.165, 1.54) is 9.75 Å². The number of carboxylic acid groups (broad SMARTS) is 1. The molecule has 82 valence electrons. The maximum Gasteiger partial charge on any atom is 0.328 e. The number of rotatable bonds is 6. The van der Waals surface area contributed by atoms with Crippen molar-refractivity contribution in [2.75, 3.05) is 6.54 Å². The molecule has 0 spiro atoms. The Morgan fingerprint density at radius 3 is 2.87 bits per heavy atom. The van der Waals surface area contributed by atoms with E-state index in [-0.39, 0.29) is 0 Å². The first kappa shape index (κ1) is 11.9. The van der Waals surface area contributed by atoms with Gasteiger partial charge in [-0.15, -0.1) is 11.3 Å². The highest BCUT2D eigenvalue weighted by atomic mass is 32.1. The molecule has 15 heavy (non-hydrogen) atoms. The predicted octanol–water partition coefficient (Wildman–Crippen LogP) is 2.04. The van der Waals surface area contributed by atoms with Gasteiger partial charge in [0.25, 0.3) is 0 Å². The van der Waals surface area contributed by atoms with Crippen molar-refractivity contribution in [3.63, 3.8) is 0 Å². The minimum Gasteiger partial charge on any atom is -0.478 e. The summed E-state index contributed by atoms with van der Waals surface area (Å²) in [6.45, 7) is 3.53. The summed E-state index contributed by atoms with van der Waals surface area (Å²) in [5.74, 6) is -0.902. The highest BCUT2D eigenvalue weighted by Crippen LogP contribution is 2.16. The second-order valence-electron chi connectivity index (χ2n) is 3.09. The largest absolute Gasteiger partial charge is 0.478 e. The quantitative estimate of drug-likeness (QED) is 0.575. The summed E-state index contributed by atoms with van der Waals surface area (Å²) in [5, 5.41) is 11.5. The zero-order valence-corrected chi connectivity index (χ0v) is 9.51. The number of thiophene rings is 1. The Balaban J connectivity index is 2.23. The van der Waals surface area contributed by atoms with Crippen LogP contribution in [0.1, 0.15) is 16.7 Å². The van der Waals surface area contributed by atoms with Gasteiger partial charge in [0.2, 0.25) is 0 Å². The zero-order valence-electron chi connectivity index (χ0n) is 8.69. The summed E-state index contributed by atoms with van der Waals surface area (Å²) < 4.78 is 0. The Bertz CT molecular complexity index is 344. The second-order valence-corrected chi connectivity index (χ2v) is 4.35. The lowest BCUT2D eigenvalue weighted by atomic mass is 10.3. The number of carbonyl (C=O) groups is 1. The lowest BCUT2D eigenvalue weighted by Gasteiger charge is -1.97. The van der Waals surface area contributed by atoms with E-state index < -0.39 is 5.97 Å². The molecule has 0 unspecified atom stereocenters.